The van der Waals surface area contributed by atoms with Crippen LogP contribution >= 0.6 is 0 Å². The van der Waals surface area contributed by atoms with Gasteiger partial charge in [0.15, 0.2) is 0 Å². The molecule has 1 saturated carbocycles. The van der Waals surface area contributed by atoms with Gasteiger partial charge in [0.1, 0.15) is 23.8 Å². The Bertz CT molecular complexity index is 1500. The molecule has 0 amide bonds. The maximum atomic E-state index is 13.2. The van der Waals surface area contributed by atoms with E-state index in [4.69, 9.17) is 10.1 Å². The summed E-state index contributed by atoms with van der Waals surface area (Å²) in [6, 6.07) is 4.46. The standard InChI is InChI=1S/C27H29F3N8O2/c28-27(29,30)22-9-17(15-39)10-23(36-22)40-20-2-7-37(8-3-20)19-11-26(12-19,4-5-31)38-14-18(13-35-38)24-21-1-6-32-25(21)34-16-33-24/h1,5-6,9-10,13-14,16,19-20,31,39H,2-4,7-8,11-12,15H2,(H,32,33,34). The van der Waals surface area contributed by atoms with Crippen molar-refractivity contribution >= 4 is 17.2 Å². The van der Waals surface area contributed by atoms with Gasteiger partial charge in [-0.3, -0.25) is 9.58 Å². The number of likely N-dealkylation sites (tertiary alicyclic amines) is 1. The third kappa shape index (κ3) is 4.94. The molecule has 0 radical (unpaired) electrons. The number of hydrogen-bond donors (Lipinski definition) is 3. The number of alkyl halides is 3. The van der Waals surface area contributed by atoms with Crippen molar-refractivity contribution in [3.8, 4) is 17.1 Å². The fourth-order valence-corrected chi connectivity index (χ4v) is 5.91. The summed E-state index contributed by atoms with van der Waals surface area (Å²) in [4.78, 5) is 17.8. The minimum Gasteiger partial charge on any atom is -0.474 e. The minimum absolute atomic E-state index is 0.110. The van der Waals surface area contributed by atoms with Crippen LogP contribution in [0.15, 0.2) is 43.1 Å². The summed E-state index contributed by atoms with van der Waals surface area (Å²) in [6.07, 6.45) is 7.31. The molecule has 40 heavy (non-hydrogen) atoms. The molecule has 1 aliphatic heterocycles. The number of pyridine rings is 1. The quantitative estimate of drug-likeness (QED) is 0.279. The van der Waals surface area contributed by atoms with E-state index in [2.05, 4.69) is 29.9 Å². The van der Waals surface area contributed by atoms with Gasteiger partial charge in [-0.25, -0.2) is 15.0 Å². The van der Waals surface area contributed by atoms with E-state index in [0.29, 0.717) is 25.3 Å². The Morgan fingerprint density at radius 3 is 2.73 bits per heavy atom. The predicted molar refractivity (Wildman–Crippen MR) is 140 cm³/mol. The third-order valence-electron chi connectivity index (χ3n) is 8.02. The number of fused-ring (bicyclic) bond motifs is 1. The summed E-state index contributed by atoms with van der Waals surface area (Å²) >= 11 is 0. The van der Waals surface area contributed by atoms with Crippen molar-refractivity contribution in [2.45, 2.75) is 62.6 Å². The van der Waals surface area contributed by atoms with Crippen LogP contribution in [0, 0.1) is 5.41 Å². The van der Waals surface area contributed by atoms with E-state index in [-0.39, 0.29) is 23.1 Å². The van der Waals surface area contributed by atoms with Crippen LogP contribution in [0.2, 0.25) is 0 Å². The molecule has 210 valence electrons. The average Bonchev–Trinajstić information content (AvgIpc) is 3.61. The van der Waals surface area contributed by atoms with Gasteiger partial charge < -0.3 is 20.2 Å². The van der Waals surface area contributed by atoms with Crippen LogP contribution in [-0.2, 0) is 18.3 Å². The van der Waals surface area contributed by atoms with Crippen molar-refractivity contribution in [1.82, 2.24) is 34.6 Å². The number of aromatic nitrogens is 6. The first-order chi connectivity index (χ1) is 19.3. The average molecular weight is 555 g/mol. The van der Waals surface area contributed by atoms with Crippen LogP contribution in [0.4, 0.5) is 13.2 Å². The van der Waals surface area contributed by atoms with Crippen molar-refractivity contribution < 1.29 is 23.0 Å². The molecule has 2 aliphatic rings. The first-order valence-electron chi connectivity index (χ1n) is 13.2. The highest BCUT2D eigenvalue weighted by molar-refractivity contribution is 5.90. The van der Waals surface area contributed by atoms with E-state index in [9.17, 15) is 18.3 Å². The Balaban J connectivity index is 1.09. The zero-order valence-electron chi connectivity index (χ0n) is 21.6. The van der Waals surface area contributed by atoms with E-state index in [1.807, 2.05) is 23.1 Å². The Kier molecular flexibility index (Phi) is 6.78. The summed E-state index contributed by atoms with van der Waals surface area (Å²) in [7, 11) is 0. The molecule has 2 fully saturated rings. The molecule has 6 rings (SSSR count). The maximum absolute atomic E-state index is 13.2. The number of aliphatic hydroxyl groups excluding tert-OH is 1. The molecule has 4 aromatic rings. The number of piperidine rings is 1. The van der Waals surface area contributed by atoms with Gasteiger partial charge in [-0.1, -0.05) is 0 Å². The number of H-pyrrole nitrogens is 1. The smallest absolute Gasteiger partial charge is 0.433 e. The highest BCUT2D eigenvalue weighted by Gasteiger charge is 2.48. The zero-order valence-corrected chi connectivity index (χ0v) is 21.6. The van der Waals surface area contributed by atoms with Crippen LogP contribution in [0.5, 0.6) is 5.88 Å². The number of rotatable bonds is 8. The fraction of sp³-hybridized carbons (Fsp3) is 0.444. The molecule has 4 aromatic heterocycles. The molecular weight excluding hydrogens is 525 g/mol. The van der Waals surface area contributed by atoms with Gasteiger partial charge in [0.05, 0.1) is 24.0 Å². The second-order valence-corrected chi connectivity index (χ2v) is 10.5. The Labute approximate surface area is 227 Å². The molecule has 5 heterocycles. The zero-order chi connectivity index (χ0) is 27.9. The maximum Gasteiger partial charge on any atom is 0.433 e. The number of hydrogen-bond acceptors (Lipinski definition) is 8. The molecule has 1 saturated heterocycles. The predicted octanol–water partition coefficient (Wildman–Crippen LogP) is 4.17. The van der Waals surface area contributed by atoms with Gasteiger partial charge >= 0.3 is 6.18 Å². The van der Waals surface area contributed by atoms with Gasteiger partial charge in [-0.2, -0.15) is 18.3 Å². The molecule has 0 aromatic carbocycles. The summed E-state index contributed by atoms with van der Waals surface area (Å²) in [6.45, 7) is 0.976. The number of aliphatic hydroxyl groups is 1. The van der Waals surface area contributed by atoms with Crippen molar-refractivity contribution in [3.63, 3.8) is 0 Å². The first kappa shape index (κ1) is 26.4. The van der Waals surface area contributed by atoms with Gasteiger partial charge in [0, 0.05) is 55.0 Å². The normalized spacial score (nSPS) is 22.4. The summed E-state index contributed by atoms with van der Waals surface area (Å²) in [5, 5.41) is 22.8. The second-order valence-electron chi connectivity index (χ2n) is 10.5. The van der Waals surface area contributed by atoms with E-state index in [1.54, 1.807) is 6.20 Å². The van der Waals surface area contributed by atoms with E-state index >= 15 is 0 Å². The molecule has 1 aliphatic carbocycles. The molecule has 3 N–H and O–H groups in total. The summed E-state index contributed by atoms with van der Waals surface area (Å²) < 4.78 is 47.4. The summed E-state index contributed by atoms with van der Waals surface area (Å²) in [5.41, 5.74) is 1.23. The molecule has 0 unspecified atom stereocenters. The van der Waals surface area contributed by atoms with E-state index < -0.39 is 18.5 Å². The SMILES string of the molecule is N=CCC1(n2cc(-c3ncnc4[nH]ccc34)cn2)CC(N2CCC(Oc3cc(CO)cc(C(F)(F)F)n3)CC2)C1. The van der Waals surface area contributed by atoms with Gasteiger partial charge in [-0.05, 0) is 49.6 Å². The van der Waals surface area contributed by atoms with Crippen molar-refractivity contribution in [2.75, 3.05) is 13.1 Å². The van der Waals surface area contributed by atoms with Crippen molar-refractivity contribution in [2.24, 2.45) is 0 Å². The number of aromatic amines is 1. The lowest BCUT2D eigenvalue weighted by Gasteiger charge is -2.52. The second kappa shape index (κ2) is 10.3. The fourth-order valence-electron chi connectivity index (χ4n) is 5.91. The Morgan fingerprint density at radius 2 is 2.00 bits per heavy atom. The monoisotopic (exact) mass is 554 g/mol. The van der Waals surface area contributed by atoms with Crippen LogP contribution in [0.1, 0.15) is 43.4 Å². The minimum atomic E-state index is -4.61. The van der Waals surface area contributed by atoms with Crippen LogP contribution in [0.3, 0.4) is 0 Å². The topological polar surface area (TPSA) is 129 Å². The molecule has 13 heteroatoms. The number of nitrogens with zero attached hydrogens (tertiary/aromatic N) is 6. The molecule has 0 bridgehead atoms. The van der Waals surface area contributed by atoms with Crippen LogP contribution in [-0.4, -0.2) is 71.2 Å². The molecule has 0 spiro atoms. The number of nitrogens with one attached hydrogen (secondary N) is 2. The van der Waals surface area contributed by atoms with Crippen molar-refractivity contribution in [3.05, 3.63) is 54.4 Å². The third-order valence-corrected chi connectivity index (χ3v) is 8.02. The number of halogens is 3. The molecule has 10 nitrogen and oxygen atoms in total. The lowest BCUT2D eigenvalue weighted by molar-refractivity contribution is -0.141. The van der Waals surface area contributed by atoms with Gasteiger partial charge in [0.25, 0.3) is 0 Å². The van der Waals surface area contributed by atoms with Gasteiger partial charge in [-0.15, -0.1) is 0 Å². The van der Waals surface area contributed by atoms with Crippen molar-refractivity contribution in [1.29, 1.82) is 5.41 Å². The lowest BCUT2D eigenvalue weighted by atomic mass is 9.69. The van der Waals surface area contributed by atoms with Crippen LogP contribution < -0.4 is 4.74 Å². The highest BCUT2D eigenvalue weighted by atomic mass is 19.4. The largest absolute Gasteiger partial charge is 0.474 e. The molecule has 0 atom stereocenters. The van der Waals surface area contributed by atoms with Crippen LogP contribution in [0.25, 0.3) is 22.3 Å². The Hall–Kier alpha value is -3.84. The highest BCUT2D eigenvalue weighted by Crippen LogP contribution is 2.45. The molecular formula is C27H29F3N8O2. The lowest BCUT2D eigenvalue weighted by Crippen LogP contribution is -2.58. The van der Waals surface area contributed by atoms with Gasteiger partial charge in [0.2, 0.25) is 5.88 Å². The number of ether oxygens (including phenoxy) is 1. The first-order valence-corrected chi connectivity index (χ1v) is 13.2. The van der Waals surface area contributed by atoms with E-state index in [0.717, 1.165) is 54.3 Å². The summed E-state index contributed by atoms with van der Waals surface area (Å²) in [5.74, 6) is -0.110. The van der Waals surface area contributed by atoms with E-state index in [1.165, 1.54) is 18.6 Å². The Morgan fingerprint density at radius 1 is 1.20 bits per heavy atom.